The standard InChI is InChI=1S/C21H25F3N4O4S/c1-13(2)17(20(29)30)18(33(31,32)28-9-7-25-8-10-28)19-26-11-15(12-27-19)14-3-5-16(6-4-14)21(22,23)24/h3-6,11-13,17-18,25H,7-10H2,1-2H3,(H,29,30)/t17-,18?/m0/s1. The third kappa shape index (κ3) is 5.50. The van der Waals surface area contributed by atoms with Crippen molar-refractivity contribution in [2.45, 2.75) is 25.3 Å². The predicted octanol–water partition coefficient (Wildman–Crippen LogP) is 2.80. The van der Waals surface area contributed by atoms with Crippen molar-refractivity contribution in [3.8, 4) is 11.1 Å². The molecule has 2 atom stereocenters. The van der Waals surface area contributed by atoms with Gasteiger partial charge in [-0.25, -0.2) is 18.4 Å². The number of aromatic nitrogens is 2. The van der Waals surface area contributed by atoms with Crippen LogP contribution in [0.4, 0.5) is 13.2 Å². The summed E-state index contributed by atoms with van der Waals surface area (Å²) in [7, 11) is -4.10. The molecule has 3 rings (SSSR count). The molecule has 2 aromatic rings. The zero-order chi connectivity index (χ0) is 24.4. The molecule has 1 saturated heterocycles. The molecular weight excluding hydrogens is 461 g/mol. The SMILES string of the molecule is CC(C)[C@H](C(=O)O)C(c1ncc(-c2ccc(C(F)(F)F)cc2)cn1)S(=O)(=O)N1CCNCC1. The fourth-order valence-corrected chi connectivity index (χ4v) is 5.99. The summed E-state index contributed by atoms with van der Waals surface area (Å²) in [5.74, 6) is -3.25. The lowest BCUT2D eigenvalue weighted by atomic mass is 9.92. The molecule has 180 valence electrons. The monoisotopic (exact) mass is 486 g/mol. The van der Waals surface area contributed by atoms with Crippen molar-refractivity contribution in [2.75, 3.05) is 26.2 Å². The van der Waals surface area contributed by atoms with E-state index in [4.69, 9.17) is 0 Å². The second-order valence-corrected chi connectivity index (χ2v) is 10.2. The Morgan fingerprint density at radius 1 is 1.06 bits per heavy atom. The van der Waals surface area contributed by atoms with Gasteiger partial charge in [-0.05, 0) is 23.6 Å². The summed E-state index contributed by atoms with van der Waals surface area (Å²) in [6.07, 6.45) is -1.87. The first-order valence-electron chi connectivity index (χ1n) is 10.3. The third-order valence-electron chi connectivity index (χ3n) is 5.56. The minimum Gasteiger partial charge on any atom is -0.481 e. The Labute approximate surface area is 189 Å². The van der Waals surface area contributed by atoms with E-state index in [1.165, 1.54) is 28.8 Å². The van der Waals surface area contributed by atoms with Crippen LogP contribution < -0.4 is 5.32 Å². The van der Waals surface area contributed by atoms with E-state index < -0.39 is 44.8 Å². The van der Waals surface area contributed by atoms with Gasteiger partial charge in [0.1, 0.15) is 11.1 Å². The molecule has 0 radical (unpaired) electrons. The third-order valence-corrected chi connectivity index (χ3v) is 7.79. The van der Waals surface area contributed by atoms with E-state index >= 15 is 0 Å². The van der Waals surface area contributed by atoms with Crippen molar-refractivity contribution in [2.24, 2.45) is 11.8 Å². The van der Waals surface area contributed by atoms with Gasteiger partial charge in [0.2, 0.25) is 10.0 Å². The van der Waals surface area contributed by atoms with E-state index in [2.05, 4.69) is 15.3 Å². The van der Waals surface area contributed by atoms with Gasteiger partial charge >= 0.3 is 12.1 Å². The summed E-state index contributed by atoms with van der Waals surface area (Å²) >= 11 is 0. The maximum Gasteiger partial charge on any atom is 0.416 e. The molecule has 2 N–H and O–H groups in total. The van der Waals surface area contributed by atoms with Gasteiger partial charge in [0.05, 0.1) is 11.5 Å². The van der Waals surface area contributed by atoms with Crippen molar-refractivity contribution >= 4 is 16.0 Å². The number of halogens is 3. The molecule has 8 nitrogen and oxygen atoms in total. The number of carboxylic acid groups (broad SMARTS) is 1. The minimum absolute atomic E-state index is 0.162. The summed E-state index contributed by atoms with van der Waals surface area (Å²) in [6, 6.07) is 4.40. The fraction of sp³-hybridized carbons (Fsp3) is 0.476. The molecule has 0 aliphatic carbocycles. The number of nitrogens with one attached hydrogen (secondary N) is 1. The van der Waals surface area contributed by atoms with Gasteiger partial charge < -0.3 is 10.4 Å². The van der Waals surface area contributed by atoms with Crippen LogP contribution in [0, 0.1) is 11.8 Å². The Hall–Kier alpha value is -2.57. The number of piperazine rings is 1. The zero-order valence-corrected chi connectivity index (χ0v) is 18.9. The van der Waals surface area contributed by atoms with Crippen LogP contribution in [0.25, 0.3) is 11.1 Å². The van der Waals surface area contributed by atoms with Gasteiger partial charge in [-0.3, -0.25) is 4.79 Å². The van der Waals surface area contributed by atoms with Crippen molar-refractivity contribution < 1.29 is 31.5 Å². The summed E-state index contributed by atoms with van der Waals surface area (Å²) in [6.45, 7) is 4.53. The van der Waals surface area contributed by atoms with E-state index in [0.29, 0.717) is 24.2 Å². The zero-order valence-electron chi connectivity index (χ0n) is 18.1. The molecule has 1 fully saturated rings. The maximum atomic E-state index is 13.5. The number of hydrogen-bond acceptors (Lipinski definition) is 6. The number of carbonyl (C=O) groups is 1. The molecule has 0 bridgehead atoms. The summed E-state index contributed by atoms with van der Waals surface area (Å²) in [5.41, 5.74) is -0.0101. The summed E-state index contributed by atoms with van der Waals surface area (Å²) < 4.78 is 66.6. The second kappa shape index (κ2) is 9.74. The number of aliphatic carboxylic acids is 1. The summed E-state index contributed by atoms with van der Waals surface area (Å²) in [5, 5.41) is 11.4. The highest BCUT2D eigenvalue weighted by molar-refractivity contribution is 7.89. The Kier molecular flexibility index (Phi) is 7.39. The van der Waals surface area contributed by atoms with Crippen molar-refractivity contribution in [1.29, 1.82) is 0 Å². The van der Waals surface area contributed by atoms with Crippen molar-refractivity contribution in [3.63, 3.8) is 0 Å². The van der Waals surface area contributed by atoms with Crippen LogP contribution in [0.2, 0.25) is 0 Å². The predicted molar refractivity (Wildman–Crippen MR) is 115 cm³/mol. The smallest absolute Gasteiger partial charge is 0.416 e. The second-order valence-electron chi connectivity index (χ2n) is 8.13. The molecule has 2 heterocycles. The quantitative estimate of drug-likeness (QED) is 0.619. The molecule has 0 amide bonds. The molecule has 1 aromatic heterocycles. The van der Waals surface area contributed by atoms with Gasteiger partial charge in [0.15, 0.2) is 0 Å². The fourth-order valence-electron chi connectivity index (χ4n) is 3.79. The highest BCUT2D eigenvalue weighted by Crippen LogP contribution is 2.36. The van der Waals surface area contributed by atoms with E-state index in [0.717, 1.165) is 12.1 Å². The average molecular weight is 487 g/mol. The lowest BCUT2D eigenvalue weighted by Gasteiger charge is -2.33. The van der Waals surface area contributed by atoms with E-state index in [1.807, 2.05) is 0 Å². The van der Waals surface area contributed by atoms with Gasteiger partial charge in [-0.1, -0.05) is 26.0 Å². The van der Waals surface area contributed by atoms with E-state index in [9.17, 15) is 31.5 Å². The molecule has 0 spiro atoms. The normalized spacial score (nSPS) is 17.6. The highest BCUT2D eigenvalue weighted by Gasteiger charge is 2.46. The number of hydrogen-bond donors (Lipinski definition) is 2. The van der Waals surface area contributed by atoms with Crippen LogP contribution in [-0.4, -0.2) is 59.9 Å². The average Bonchev–Trinajstić information content (AvgIpc) is 2.77. The van der Waals surface area contributed by atoms with Crippen LogP contribution in [0.5, 0.6) is 0 Å². The highest BCUT2D eigenvalue weighted by atomic mass is 32.2. The molecule has 0 saturated carbocycles. The first kappa shape index (κ1) is 25.1. The molecule has 33 heavy (non-hydrogen) atoms. The lowest BCUT2D eigenvalue weighted by Crippen LogP contribution is -2.49. The Morgan fingerprint density at radius 3 is 2.06 bits per heavy atom. The molecule has 12 heteroatoms. The minimum atomic E-state index is -4.47. The Bertz CT molecular complexity index is 1070. The van der Waals surface area contributed by atoms with Crippen LogP contribution in [0.1, 0.15) is 30.5 Å². The Morgan fingerprint density at radius 2 is 1.61 bits per heavy atom. The molecular formula is C21H25F3N4O4S. The van der Waals surface area contributed by atoms with Gasteiger partial charge in [0, 0.05) is 44.1 Å². The van der Waals surface area contributed by atoms with Crippen LogP contribution >= 0.6 is 0 Å². The van der Waals surface area contributed by atoms with Gasteiger partial charge in [-0.2, -0.15) is 17.5 Å². The lowest BCUT2D eigenvalue weighted by molar-refractivity contribution is -0.143. The number of alkyl halides is 3. The van der Waals surface area contributed by atoms with Crippen molar-refractivity contribution in [1.82, 2.24) is 19.6 Å². The Balaban J connectivity index is 1.99. The number of carboxylic acids is 1. The first-order chi connectivity index (χ1) is 15.4. The van der Waals surface area contributed by atoms with Gasteiger partial charge in [0.25, 0.3) is 0 Å². The largest absolute Gasteiger partial charge is 0.481 e. The first-order valence-corrected chi connectivity index (χ1v) is 11.9. The summed E-state index contributed by atoms with van der Waals surface area (Å²) in [4.78, 5) is 20.4. The topological polar surface area (TPSA) is 112 Å². The molecule has 1 aromatic carbocycles. The maximum absolute atomic E-state index is 13.5. The van der Waals surface area contributed by atoms with Crippen LogP contribution in [0.15, 0.2) is 36.7 Å². The number of sulfonamides is 1. The van der Waals surface area contributed by atoms with E-state index in [1.54, 1.807) is 13.8 Å². The van der Waals surface area contributed by atoms with Crippen LogP contribution in [-0.2, 0) is 21.0 Å². The molecule has 1 aliphatic heterocycles. The number of nitrogens with zero attached hydrogens (tertiary/aromatic N) is 3. The molecule has 1 unspecified atom stereocenters. The number of rotatable bonds is 7. The molecule has 1 aliphatic rings. The number of benzene rings is 1. The van der Waals surface area contributed by atoms with Crippen molar-refractivity contribution in [3.05, 3.63) is 48.0 Å². The van der Waals surface area contributed by atoms with Crippen LogP contribution in [0.3, 0.4) is 0 Å². The van der Waals surface area contributed by atoms with Gasteiger partial charge in [-0.15, -0.1) is 0 Å². The van der Waals surface area contributed by atoms with E-state index in [-0.39, 0.29) is 18.9 Å².